The van der Waals surface area contributed by atoms with Crippen LogP contribution in [0.1, 0.15) is 246 Å². The van der Waals surface area contributed by atoms with Gasteiger partial charge in [0.25, 0.3) is 0 Å². The van der Waals surface area contributed by atoms with E-state index in [1.165, 1.54) is 17.7 Å². The number of unbranched alkanes of at least 4 members (excludes halogenated alkanes) is 20. The number of carbonyl (C=O) groups is 7. The van der Waals surface area contributed by atoms with Crippen LogP contribution < -0.4 is 0 Å². The van der Waals surface area contributed by atoms with Crippen molar-refractivity contribution in [1.82, 2.24) is 9.80 Å². The molecule has 16 nitrogen and oxygen atoms in total. The van der Waals surface area contributed by atoms with Gasteiger partial charge in [-0.15, -0.1) is 0 Å². The summed E-state index contributed by atoms with van der Waals surface area (Å²) in [6.45, 7) is 9.87. The first kappa shape index (κ1) is 70.2. The lowest BCUT2D eigenvalue weighted by Crippen LogP contribution is -2.39. The summed E-state index contributed by atoms with van der Waals surface area (Å²) in [5.74, 6) is -3.65. The van der Waals surface area contributed by atoms with Crippen LogP contribution in [0.2, 0.25) is 0 Å². The van der Waals surface area contributed by atoms with E-state index in [0.29, 0.717) is 45.2 Å². The first-order valence-corrected chi connectivity index (χ1v) is 30.4. The maximum Gasteiger partial charge on any atom is 0.410 e. The smallest absolute Gasteiger partial charge is 0.410 e. The SMILES string of the molecule is CCCCCCCCC(=O)OCC(COC(=O)CCCCCCCC)CC(=O)C[C@@H]1C[C@H](COC(=O)CC(COC(=O)CCCCCCCC)COC(=O)CCCCCCCC)N(C(=O)OCCCN(C)CCCO)C1. The Morgan fingerprint density at radius 1 is 0.474 bits per heavy atom. The second-order valence-electron chi connectivity index (χ2n) is 21.6. The number of ether oxygens (including phenoxy) is 6. The minimum atomic E-state index is -0.641. The lowest BCUT2D eigenvalue weighted by Gasteiger charge is -2.24. The van der Waals surface area contributed by atoms with Gasteiger partial charge in [-0.1, -0.05) is 156 Å². The Bertz CT molecular complexity index is 1470. The molecule has 1 saturated heterocycles. The third-order valence-corrected chi connectivity index (χ3v) is 14.1. The number of aliphatic hydroxyl groups is 1. The molecule has 0 aliphatic carbocycles. The molecule has 0 spiro atoms. The molecule has 0 aromatic heterocycles. The fourth-order valence-electron chi connectivity index (χ4n) is 9.45. The van der Waals surface area contributed by atoms with Gasteiger partial charge in [-0.05, 0) is 57.9 Å². The summed E-state index contributed by atoms with van der Waals surface area (Å²) >= 11 is 0. The number of likely N-dealkylation sites (tertiary alicyclic amines) is 1. The predicted molar refractivity (Wildman–Crippen MR) is 296 cm³/mol. The highest BCUT2D eigenvalue weighted by atomic mass is 16.6. The summed E-state index contributed by atoms with van der Waals surface area (Å²) in [5, 5.41) is 9.20. The van der Waals surface area contributed by atoms with Crippen LogP contribution in [-0.2, 0) is 57.2 Å². The minimum absolute atomic E-state index is 0.00739. The molecular weight excluding hydrogens is 973 g/mol. The van der Waals surface area contributed by atoms with Crippen LogP contribution in [0, 0.1) is 17.8 Å². The topological polar surface area (TPSA) is 202 Å². The van der Waals surface area contributed by atoms with Crippen molar-refractivity contribution in [3.05, 3.63) is 0 Å². The average Bonchev–Trinajstić information content (AvgIpc) is 3.81. The molecule has 0 bridgehead atoms. The lowest BCUT2D eigenvalue weighted by molar-refractivity contribution is -0.155. The molecule has 1 aliphatic rings. The number of rotatable bonds is 51. The third kappa shape index (κ3) is 39.6. The molecule has 76 heavy (non-hydrogen) atoms. The summed E-state index contributed by atoms with van der Waals surface area (Å²) < 4.78 is 34.0. The Morgan fingerprint density at radius 3 is 1.26 bits per heavy atom. The Labute approximate surface area is 459 Å². The lowest BCUT2D eigenvalue weighted by atomic mass is 9.94. The highest BCUT2D eigenvalue weighted by molar-refractivity contribution is 5.79. The van der Waals surface area contributed by atoms with Crippen molar-refractivity contribution in [3.63, 3.8) is 0 Å². The van der Waals surface area contributed by atoms with Gasteiger partial charge in [0.1, 0.15) is 12.4 Å². The number of ketones is 1. The quantitative estimate of drug-likeness (QED) is 0.0342. The second kappa shape index (κ2) is 48.3. The average molecular weight is 1080 g/mol. The van der Waals surface area contributed by atoms with E-state index in [4.69, 9.17) is 28.4 Å². The zero-order chi connectivity index (χ0) is 55.9. The van der Waals surface area contributed by atoms with E-state index in [0.717, 1.165) is 128 Å². The van der Waals surface area contributed by atoms with Crippen LogP contribution in [0.5, 0.6) is 0 Å². The number of esters is 5. The number of Topliss-reactive ketones (excluding diaryl/α,β-unsaturated/α-hetero) is 1. The van der Waals surface area contributed by atoms with E-state index in [9.17, 15) is 38.7 Å². The second-order valence-corrected chi connectivity index (χ2v) is 21.6. The van der Waals surface area contributed by atoms with E-state index < -0.39 is 29.9 Å². The highest BCUT2D eigenvalue weighted by Crippen LogP contribution is 2.29. The Morgan fingerprint density at radius 2 is 0.855 bits per heavy atom. The van der Waals surface area contributed by atoms with Gasteiger partial charge in [-0.2, -0.15) is 0 Å². The van der Waals surface area contributed by atoms with Crippen molar-refractivity contribution in [3.8, 4) is 0 Å². The van der Waals surface area contributed by atoms with Gasteiger partial charge in [0.2, 0.25) is 0 Å². The molecule has 1 N–H and O–H groups in total. The Kier molecular flexibility index (Phi) is 44.7. The summed E-state index contributed by atoms with van der Waals surface area (Å²) in [7, 11) is 1.93. The molecule has 1 aliphatic heterocycles. The maximum absolute atomic E-state index is 13.9. The summed E-state index contributed by atoms with van der Waals surface area (Å²) in [4.78, 5) is 95.7. The molecule has 0 aromatic rings. The van der Waals surface area contributed by atoms with E-state index in [2.05, 4.69) is 27.7 Å². The summed E-state index contributed by atoms with van der Waals surface area (Å²) in [6.07, 6.45) is 26.5. The van der Waals surface area contributed by atoms with Crippen molar-refractivity contribution in [1.29, 1.82) is 0 Å². The van der Waals surface area contributed by atoms with Gasteiger partial charge in [-0.3, -0.25) is 28.8 Å². The molecule has 16 heteroatoms. The maximum atomic E-state index is 13.9. The third-order valence-electron chi connectivity index (χ3n) is 14.1. The number of hydrogen-bond donors (Lipinski definition) is 1. The number of hydrogen-bond acceptors (Lipinski definition) is 15. The van der Waals surface area contributed by atoms with Gasteiger partial charge in [0.05, 0.1) is 45.5 Å². The molecule has 0 saturated carbocycles. The zero-order valence-corrected chi connectivity index (χ0v) is 48.6. The molecule has 0 radical (unpaired) electrons. The Hall–Kier alpha value is -3.79. The van der Waals surface area contributed by atoms with Crippen LogP contribution in [0.15, 0.2) is 0 Å². The van der Waals surface area contributed by atoms with E-state index in [1.54, 1.807) is 0 Å². The van der Waals surface area contributed by atoms with Crippen LogP contribution in [-0.4, -0.2) is 136 Å². The highest BCUT2D eigenvalue weighted by Gasteiger charge is 2.38. The molecular formula is C60H108N2O14. The minimum Gasteiger partial charge on any atom is -0.465 e. The van der Waals surface area contributed by atoms with Crippen LogP contribution in [0.4, 0.5) is 4.79 Å². The molecule has 1 heterocycles. The van der Waals surface area contributed by atoms with Gasteiger partial charge >= 0.3 is 35.9 Å². The van der Waals surface area contributed by atoms with Crippen molar-refractivity contribution < 1.29 is 67.1 Å². The Balaban J connectivity index is 3.09. The number of nitrogens with zero attached hydrogens (tertiary/aromatic N) is 2. The largest absolute Gasteiger partial charge is 0.465 e. The van der Waals surface area contributed by atoms with Crippen molar-refractivity contribution in [2.45, 2.75) is 252 Å². The van der Waals surface area contributed by atoms with Crippen LogP contribution >= 0.6 is 0 Å². The van der Waals surface area contributed by atoms with E-state index in [1.807, 2.05) is 11.9 Å². The first-order valence-electron chi connectivity index (χ1n) is 30.4. The molecule has 1 fully saturated rings. The summed E-state index contributed by atoms with van der Waals surface area (Å²) in [5.41, 5.74) is 0. The van der Waals surface area contributed by atoms with Crippen molar-refractivity contribution >= 4 is 41.7 Å². The number of amides is 1. The predicted octanol–water partition coefficient (Wildman–Crippen LogP) is 12.2. The monoisotopic (exact) mass is 1080 g/mol. The molecule has 1 rings (SSSR count). The van der Waals surface area contributed by atoms with E-state index in [-0.39, 0.29) is 133 Å². The van der Waals surface area contributed by atoms with Crippen LogP contribution in [0.3, 0.4) is 0 Å². The standard InChI is InChI=1S/C60H108N2O14/c1-6-10-14-18-22-26-32-55(65)72-45-51(46-73-56(66)33-27-23-19-15-11-7-2)42-54(64)41-50-40-53(62(44-50)60(70)71-39-31-37-61(5)36-30-38-63)49-76-59(69)43-52(47-74-57(67)34-28-24-20-16-12-8-3)48-75-58(68)35-29-25-21-17-13-9-4/h50-53,63H,6-49H2,1-5H3/t50-,53+/m0/s1. The van der Waals surface area contributed by atoms with E-state index >= 15 is 0 Å². The summed E-state index contributed by atoms with van der Waals surface area (Å²) in [6, 6.07) is -0.605. The fraction of sp³-hybridized carbons (Fsp3) is 0.883. The fourth-order valence-corrected chi connectivity index (χ4v) is 9.45. The molecule has 0 aromatic carbocycles. The number of aliphatic hydroxyl groups excluding tert-OH is 1. The number of carbonyl (C=O) groups excluding carboxylic acids is 7. The zero-order valence-electron chi connectivity index (χ0n) is 48.6. The van der Waals surface area contributed by atoms with Crippen molar-refractivity contribution in [2.75, 3.05) is 72.9 Å². The molecule has 0 unspecified atom stereocenters. The van der Waals surface area contributed by atoms with Gasteiger partial charge in [0, 0.05) is 76.6 Å². The van der Waals surface area contributed by atoms with Crippen molar-refractivity contribution in [2.24, 2.45) is 17.8 Å². The van der Waals surface area contributed by atoms with Gasteiger partial charge in [-0.25, -0.2) is 4.79 Å². The van der Waals surface area contributed by atoms with Gasteiger partial charge in [0.15, 0.2) is 0 Å². The molecule has 1 amide bonds. The first-order chi connectivity index (χ1) is 36.8. The van der Waals surface area contributed by atoms with Crippen LogP contribution in [0.25, 0.3) is 0 Å². The molecule has 2 atom stereocenters. The normalized spacial score (nSPS) is 14.4. The molecule has 442 valence electrons. The van der Waals surface area contributed by atoms with Gasteiger partial charge < -0.3 is 43.3 Å².